The zero-order chi connectivity index (χ0) is 40.7. The number of hydrogen-bond donors (Lipinski definition) is 6. The Kier molecular flexibility index (Phi) is 19.5. The maximum absolute atomic E-state index is 13.8. The third kappa shape index (κ3) is 19.8. The molecule has 53 heavy (non-hydrogen) atoms. The molecule has 0 saturated carbocycles. The van der Waals surface area contributed by atoms with Crippen LogP contribution in [0, 0.1) is 23.7 Å². The predicted molar refractivity (Wildman–Crippen MR) is 205 cm³/mol. The average Bonchev–Trinajstić information content (AvgIpc) is 3.01. The molecule has 0 bridgehead atoms. The zero-order valence-corrected chi connectivity index (χ0v) is 34.3. The molecule has 1 aromatic carbocycles. The van der Waals surface area contributed by atoms with Gasteiger partial charge in [0.25, 0.3) is 0 Å². The molecule has 6 atom stereocenters. The molecule has 0 heterocycles. The predicted octanol–water partition coefficient (Wildman–Crippen LogP) is 3.22. The summed E-state index contributed by atoms with van der Waals surface area (Å²) in [5.41, 5.74) is 0.0915. The van der Waals surface area contributed by atoms with Crippen LogP contribution in [-0.4, -0.2) is 91.1 Å². The lowest BCUT2D eigenvalue weighted by molar-refractivity contribution is -0.133. The Labute approximate surface area is 316 Å². The lowest BCUT2D eigenvalue weighted by Gasteiger charge is -2.30. The van der Waals surface area contributed by atoms with Crippen LogP contribution in [0.15, 0.2) is 30.3 Å². The van der Waals surface area contributed by atoms with E-state index in [0.29, 0.717) is 13.0 Å². The van der Waals surface area contributed by atoms with E-state index in [-0.39, 0.29) is 42.9 Å². The normalized spacial score (nSPS) is 15.5. The highest BCUT2D eigenvalue weighted by Crippen LogP contribution is 2.18. The standard InChI is InChI=1S/C38H65N5O9S/c1-23(2)19-29(31(44)21-26(7)33(45)43-32(25(5)6)36(48)39-22-27-15-13-12-14-16-27)41-34(46)28(17-18-53(11,50)51)40-35(47)30(20-24(3)4)42-37(49)52-38(8,9)10/h12-16,23-26,28-32,44H,17-22H2,1-11H3,(H,39,48)(H,40,47)(H,41,46)(H,42,49)(H,43,45)/t26-,28+,29+,30+,31+,32?/m1/s1. The van der Waals surface area contributed by atoms with Crippen LogP contribution < -0.4 is 26.6 Å². The number of nitrogens with one attached hydrogen (secondary N) is 5. The fourth-order valence-electron chi connectivity index (χ4n) is 5.49. The number of sulfone groups is 1. The fraction of sp³-hybridized carbons (Fsp3) is 0.711. The van der Waals surface area contributed by atoms with Crippen molar-refractivity contribution in [3.63, 3.8) is 0 Å². The number of hydrogen-bond acceptors (Lipinski definition) is 9. The number of carbonyl (C=O) groups excluding carboxylic acids is 5. The lowest BCUT2D eigenvalue weighted by atomic mass is 9.91. The number of alkyl carbamates (subject to hydrolysis) is 1. The van der Waals surface area contributed by atoms with Crippen molar-refractivity contribution in [1.82, 2.24) is 26.6 Å². The minimum atomic E-state index is -3.54. The van der Waals surface area contributed by atoms with Crippen molar-refractivity contribution in [2.45, 2.75) is 137 Å². The molecule has 0 aliphatic heterocycles. The van der Waals surface area contributed by atoms with E-state index in [1.807, 2.05) is 71.9 Å². The molecule has 0 aliphatic carbocycles. The number of carbonyl (C=O) groups is 5. The van der Waals surface area contributed by atoms with Gasteiger partial charge in [-0.05, 0) is 69.8 Å². The number of benzene rings is 1. The van der Waals surface area contributed by atoms with Gasteiger partial charge in [0.2, 0.25) is 23.6 Å². The maximum Gasteiger partial charge on any atom is 0.408 e. The smallest absolute Gasteiger partial charge is 0.408 e. The van der Waals surface area contributed by atoms with Crippen LogP contribution in [0.1, 0.15) is 100 Å². The highest BCUT2D eigenvalue weighted by molar-refractivity contribution is 7.90. The van der Waals surface area contributed by atoms with Crippen molar-refractivity contribution in [3.05, 3.63) is 35.9 Å². The minimum absolute atomic E-state index is 0.00442. The van der Waals surface area contributed by atoms with Gasteiger partial charge in [-0.3, -0.25) is 19.2 Å². The van der Waals surface area contributed by atoms with E-state index < -0.39 is 81.2 Å². The van der Waals surface area contributed by atoms with Crippen molar-refractivity contribution in [1.29, 1.82) is 0 Å². The van der Waals surface area contributed by atoms with Crippen LogP contribution in [0.4, 0.5) is 4.79 Å². The Morgan fingerprint density at radius 2 is 1.30 bits per heavy atom. The van der Waals surface area contributed by atoms with Crippen LogP contribution in [0.2, 0.25) is 0 Å². The third-order valence-corrected chi connectivity index (χ3v) is 9.22. The second kappa shape index (κ2) is 21.9. The first-order valence-corrected chi connectivity index (χ1v) is 20.5. The summed E-state index contributed by atoms with van der Waals surface area (Å²) in [5.74, 6) is -3.63. The Bertz CT molecular complexity index is 1450. The monoisotopic (exact) mass is 767 g/mol. The van der Waals surface area contributed by atoms with Gasteiger partial charge in [0.15, 0.2) is 0 Å². The molecule has 5 amide bonds. The van der Waals surface area contributed by atoms with E-state index in [9.17, 15) is 37.5 Å². The summed E-state index contributed by atoms with van der Waals surface area (Å²) in [6.45, 7) is 18.1. The first-order chi connectivity index (χ1) is 24.4. The number of amides is 5. The third-order valence-electron chi connectivity index (χ3n) is 8.24. The molecule has 1 aromatic rings. The first-order valence-electron chi connectivity index (χ1n) is 18.5. The van der Waals surface area contributed by atoms with Crippen LogP contribution in [0.25, 0.3) is 0 Å². The van der Waals surface area contributed by atoms with Crippen molar-refractivity contribution in [3.8, 4) is 0 Å². The molecule has 0 fully saturated rings. The second-order valence-electron chi connectivity index (χ2n) is 16.2. The minimum Gasteiger partial charge on any atom is -0.444 e. The van der Waals surface area contributed by atoms with E-state index in [4.69, 9.17) is 4.74 Å². The Morgan fingerprint density at radius 3 is 1.81 bits per heavy atom. The summed E-state index contributed by atoms with van der Waals surface area (Å²) in [5, 5.41) is 25.0. The maximum atomic E-state index is 13.8. The number of aliphatic hydroxyl groups excluding tert-OH is 1. The van der Waals surface area contributed by atoms with Crippen LogP contribution in [-0.2, 0) is 40.3 Å². The Balaban J connectivity index is 3.13. The van der Waals surface area contributed by atoms with E-state index in [0.717, 1.165) is 11.8 Å². The summed E-state index contributed by atoms with van der Waals surface area (Å²) < 4.78 is 29.5. The van der Waals surface area contributed by atoms with Gasteiger partial charge in [-0.15, -0.1) is 0 Å². The summed E-state index contributed by atoms with van der Waals surface area (Å²) in [6, 6.07) is 5.30. The van der Waals surface area contributed by atoms with Gasteiger partial charge in [-0.1, -0.05) is 78.8 Å². The molecule has 1 rings (SSSR count). The quantitative estimate of drug-likeness (QED) is 0.108. The first kappa shape index (κ1) is 47.3. The highest BCUT2D eigenvalue weighted by Gasteiger charge is 2.33. The largest absolute Gasteiger partial charge is 0.444 e. The molecule has 302 valence electrons. The van der Waals surface area contributed by atoms with E-state index in [1.54, 1.807) is 27.7 Å². The highest BCUT2D eigenvalue weighted by atomic mass is 32.2. The van der Waals surface area contributed by atoms with Crippen LogP contribution in [0.3, 0.4) is 0 Å². The fourth-order valence-corrected chi connectivity index (χ4v) is 6.15. The van der Waals surface area contributed by atoms with Crippen molar-refractivity contribution in [2.24, 2.45) is 23.7 Å². The molecule has 14 nitrogen and oxygen atoms in total. The summed E-state index contributed by atoms with van der Waals surface area (Å²) >= 11 is 0. The van der Waals surface area contributed by atoms with Crippen molar-refractivity contribution < 1.29 is 42.2 Å². The number of ether oxygens (including phenoxy) is 1. The molecule has 0 spiro atoms. The molecule has 15 heteroatoms. The van der Waals surface area contributed by atoms with E-state index >= 15 is 0 Å². The molecule has 0 aliphatic rings. The molecule has 0 saturated heterocycles. The van der Waals surface area contributed by atoms with Gasteiger partial charge in [0.1, 0.15) is 33.6 Å². The topological polar surface area (TPSA) is 209 Å². The summed E-state index contributed by atoms with van der Waals surface area (Å²) in [6.07, 6.45) is -0.807. The SMILES string of the molecule is CC(C)C[C@H](NC(=O)OC(C)(C)C)C(=O)N[C@@H](CCS(C)(=O)=O)C(=O)N[C@@H](CC(C)C)[C@@H](O)C[C@@H](C)C(=O)NC(C(=O)NCc1ccccc1)C(C)C. The van der Waals surface area contributed by atoms with Gasteiger partial charge in [0, 0.05) is 18.7 Å². The van der Waals surface area contributed by atoms with E-state index in [2.05, 4.69) is 26.6 Å². The van der Waals surface area contributed by atoms with Gasteiger partial charge in [0.05, 0.1) is 17.9 Å². The van der Waals surface area contributed by atoms with Crippen LogP contribution >= 0.6 is 0 Å². The molecular formula is C38H65N5O9S. The van der Waals surface area contributed by atoms with Crippen molar-refractivity contribution in [2.75, 3.05) is 12.0 Å². The molecule has 6 N–H and O–H groups in total. The molecule has 0 aromatic heterocycles. The van der Waals surface area contributed by atoms with Gasteiger partial charge < -0.3 is 36.4 Å². The molecule has 1 unspecified atom stereocenters. The van der Waals surface area contributed by atoms with Gasteiger partial charge in [-0.2, -0.15) is 0 Å². The number of aliphatic hydroxyl groups is 1. The Hall–Kier alpha value is -3.72. The second-order valence-corrected chi connectivity index (χ2v) is 18.5. The van der Waals surface area contributed by atoms with Crippen LogP contribution in [0.5, 0.6) is 0 Å². The summed E-state index contributed by atoms with van der Waals surface area (Å²) in [7, 11) is -3.54. The van der Waals surface area contributed by atoms with E-state index in [1.165, 1.54) is 0 Å². The molecular weight excluding hydrogens is 703 g/mol. The van der Waals surface area contributed by atoms with Gasteiger partial charge >= 0.3 is 6.09 Å². The summed E-state index contributed by atoms with van der Waals surface area (Å²) in [4.78, 5) is 66.1. The number of rotatable bonds is 21. The lowest BCUT2D eigenvalue weighted by Crippen LogP contribution is -2.57. The van der Waals surface area contributed by atoms with Gasteiger partial charge in [-0.25, -0.2) is 13.2 Å². The Morgan fingerprint density at radius 1 is 0.736 bits per heavy atom. The zero-order valence-electron chi connectivity index (χ0n) is 33.4. The average molecular weight is 768 g/mol. The molecule has 0 radical (unpaired) electrons. The van der Waals surface area contributed by atoms with Crippen molar-refractivity contribution >= 4 is 39.6 Å².